The van der Waals surface area contributed by atoms with Crippen molar-refractivity contribution >= 4 is 22.1 Å². The van der Waals surface area contributed by atoms with Crippen LogP contribution >= 0.6 is 0 Å². The molecule has 4 aromatic heterocycles. The standard InChI is InChI=1S/C31H31N2O.C11H8N.Ir/c1-20-10-15-25-24-8-7-9-26(28(24)34-29(25)33-20)27-18-23(16-17-32-27)31(5,6)19-21-11-13-22(14-12-21)30(2,3)4;1-2-6-10(7-3-1)11-8-4-5-9-12-11;/h7-8,10-18H,19H2,1-6H3;1-6,8-9H;/q2*-1;/i1D3,19D2;;. The molecule has 0 aliphatic heterocycles. The molecule has 0 saturated heterocycles. The van der Waals surface area contributed by atoms with Crippen LogP contribution < -0.4 is 0 Å². The topological polar surface area (TPSA) is 51.8 Å². The minimum Gasteiger partial charge on any atom is -0.486 e. The predicted molar refractivity (Wildman–Crippen MR) is 189 cm³/mol. The Labute approximate surface area is 298 Å². The van der Waals surface area contributed by atoms with E-state index in [0.717, 1.165) is 27.8 Å². The zero-order valence-electron chi connectivity index (χ0n) is 32.1. The normalized spacial score (nSPS) is 13.7. The number of fused-ring (bicyclic) bond motifs is 3. The van der Waals surface area contributed by atoms with E-state index in [9.17, 15) is 0 Å². The van der Waals surface area contributed by atoms with Gasteiger partial charge in [-0.1, -0.05) is 88.0 Å². The summed E-state index contributed by atoms with van der Waals surface area (Å²) >= 11 is 0. The van der Waals surface area contributed by atoms with Crippen LogP contribution in [0.25, 0.3) is 44.6 Å². The third-order valence-corrected chi connectivity index (χ3v) is 7.89. The van der Waals surface area contributed by atoms with Crippen LogP contribution in [0.5, 0.6) is 0 Å². The minimum absolute atomic E-state index is 0. The van der Waals surface area contributed by atoms with Crippen molar-refractivity contribution in [2.24, 2.45) is 0 Å². The second-order valence-electron chi connectivity index (χ2n) is 12.7. The Balaban J connectivity index is 0.000000339. The molecule has 0 amide bonds. The first kappa shape index (κ1) is 27.7. The van der Waals surface area contributed by atoms with Gasteiger partial charge in [0.2, 0.25) is 5.71 Å². The van der Waals surface area contributed by atoms with Crippen LogP contribution in [0.1, 0.15) is 63.9 Å². The molecule has 47 heavy (non-hydrogen) atoms. The fourth-order valence-corrected chi connectivity index (χ4v) is 5.33. The third kappa shape index (κ3) is 7.76. The van der Waals surface area contributed by atoms with Crippen LogP contribution in [0.4, 0.5) is 0 Å². The maximum absolute atomic E-state index is 9.15. The molecule has 0 N–H and O–H groups in total. The molecule has 7 aromatic rings. The molecule has 0 aliphatic carbocycles. The Hall–Kier alpha value is -4.44. The molecule has 239 valence electrons. The molecule has 0 aliphatic rings. The summed E-state index contributed by atoms with van der Waals surface area (Å²) in [7, 11) is 0. The Morgan fingerprint density at radius 1 is 0.745 bits per heavy atom. The van der Waals surface area contributed by atoms with Gasteiger partial charge in [-0.15, -0.1) is 54.1 Å². The Morgan fingerprint density at radius 2 is 1.53 bits per heavy atom. The van der Waals surface area contributed by atoms with Gasteiger partial charge in [0.1, 0.15) is 0 Å². The van der Waals surface area contributed by atoms with E-state index in [4.69, 9.17) is 11.3 Å². The molecule has 7 rings (SSSR count). The van der Waals surface area contributed by atoms with Crippen molar-refractivity contribution in [3.05, 3.63) is 150 Å². The monoisotopic (exact) mass is 799 g/mol. The van der Waals surface area contributed by atoms with E-state index in [0.29, 0.717) is 27.8 Å². The number of aryl methyl sites for hydroxylation is 1. The number of nitrogens with zero attached hydrogens (tertiary/aromatic N) is 3. The largest absolute Gasteiger partial charge is 0.486 e. The Morgan fingerprint density at radius 3 is 2.23 bits per heavy atom. The van der Waals surface area contributed by atoms with Crippen molar-refractivity contribution in [1.82, 2.24) is 15.0 Å². The average molecular weight is 799 g/mol. The maximum Gasteiger partial charge on any atom is 0.216 e. The summed E-state index contributed by atoms with van der Waals surface area (Å²) in [4.78, 5) is 13.0. The van der Waals surface area contributed by atoms with Crippen LogP contribution in [0.15, 0.2) is 120 Å². The second kappa shape index (κ2) is 14.1. The zero-order valence-corrected chi connectivity index (χ0v) is 29.4. The molecular formula is C42H39IrN3O-2. The average Bonchev–Trinajstić information content (AvgIpc) is 3.50. The number of furan rings is 1. The van der Waals surface area contributed by atoms with Gasteiger partial charge in [0.15, 0.2) is 0 Å². The van der Waals surface area contributed by atoms with Crippen molar-refractivity contribution in [1.29, 1.82) is 0 Å². The molecule has 4 nitrogen and oxygen atoms in total. The molecule has 4 heterocycles. The Bertz CT molecular complexity index is 2240. The Kier molecular flexibility index (Phi) is 8.31. The molecule has 0 saturated carbocycles. The van der Waals surface area contributed by atoms with Gasteiger partial charge in [0, 0.05) is 50.4 Å². The number of hydrogen-bond acceptors (Lipinski definition) is 4. The van der Waals surface area contributed by atoms with Crippen LogP contribution in [0.2, 0.25) is 0 Å². The van der Waals surface area contributed by atoms with E-state index in [1.165, 1.54) is 6.07 Å². The second-order valence-corrected chi connectivity index (χ2v) is 12.7. The molecule has 0 bridgehead atoms. The van der Waals surface area contributed by atoms with E-state index in [2.05, 4.69) is 47.9 Å². The smallest absolute Gasteiger partial charge is 0.216 e. The van der Waals surface area contributed by atoms with Gasteiger partial charge in [0.05, 0.1) is 5.58 Å². The molecule has 1 radical (unpaired) electrons. The van der Waals surface area contributed by atoms with Gasteiger partial charge in [-0.2, -0.15) is 0 Å². The number of rotatable bonds is 5. The molecule has 3 aromatic carbocycles. The number of hydrogen-bond donors (Lipinski definition) is 0. The van der Waals surface area contributed by atoms with Crippen LogP contribution in [0.3, 0.4) is 0 Å². The summed E-state index contributed by atoms with van der Waals surface area (Å²) in [5.74, 6) is 0. The minimum atomic E-state index is -2.34. The first-order chi connectivity index (χ1) is 24.1. The zero-order chi connectivity index (χ0) is 36.6. The summed E-state index contributed by atoms with van der Waals surface area (Å²) in [6, 6.07) is 38.4. The molecule has 0 unspecified atom stereocenters. The van der Waals surface area contributed by atoms with E-state index < -0.39 is 18.6 Å². The summed E-state index contributed by atoms with van der Waals surface area (Å²) in [5.41, 5.74) is 5.55. The summed E-state index contributed by atoms with van der Waals surface area (Å²) in [5, 5.41) is 1.49. The first-order valence-electron chi connectivity index (χ1n) is 17.8. The van der Waals surface area contributed by atoms with Crippen LogP contribution in [-0.4, -0.2) is 15.0 Å². The van der Waals surface area contributed by atoms with Crippen molar-refractivity contribution in [3.63, 3.8) is 0 Å². The molecular weight excluding hydrogens is 755 g/mol. The summed E-state index contributed by atoms with van der Waals surface area (Å²) in [6.45, 7) is 7.88. The SMILES string of the molecule is [2H]C([2H])([2H])c1ccc2c(n1)oc1c(-c3cc(C(C)(C)C([2H])([2H])c4ccc(C(C)(C)C)cc4)ccn3)[c-]ccc12.[Ir].[c-]1ccccc1-c1ccccn1. The van der Waals surface area contributed by atoms with Gasteiger partial charge in [-0.25, -0.2) is 4.98 Å². The fourth-order valence-electron chi connectivity index (χ4n) is 5.33. The van der Waals surface area contributed by atoms with Gasteiger partial charge in [0.25, 0.3) is 0 Å². The number of benzene rings is 3. The summed E-state index contributed by atoms with van der Waals surface area (Å²) < 4.78 is 47.4. The maximum atomic E-state index is 9.15. The molecule has 5 heteroatoms. The number of pyridine rings is 3. The van der Waals surface area contributed by atoms with E-state index in [1.807, 2.05) is 98.8 Å². The van der Waals surface area contributed by atoms with E-state index >= 15 is 0 Å². The molecule has 0 spiro atoms. The first-order valence-corrected chi connectivity index (χ1v) is 15.3. The van der Waals surface area contributed by atoms with Crippen molar-refractivity contribution in [2.45, 2.75) is 58.7 Å². The summed E-state index contributed by atoms with van der Waals surface area (Å²) in [6.07, 6.45) is 1.79. The van der Waals surface area contributed by atoms with E-state index in [1.54, 1.807) is 24.5 Å². The van der Waals surface area contributed by atoms with Gasteiger partial charge < -0.3 is 14.4 Å². The predicted octanol–water partition coefficient (Wildman–Crippen LogP) is 10.5. The van der Waals surface area contributed by atoms with Crippen LogP contribution in [-0.2, 0) is 37.3 Å². The molecule has 0 fully saturated rings. The van der Waals surface area contributed by atoms with Crippen molar-refractivity contribution in [3.8, 4) is 22.5 Å². The quantitative estimate of drug-likeness (QED) is 0.163. The fraction of sp³-hybridized carbons (Fsp3) is 0.214. The third-order valence-electron chi connectivity index (χ3n) is 7.89. The van der Waals surface area contributed by atoms with Gasteiger partial charge in [-0.3, -0.25) is 0 Å². The van der Waals surface area contributed by atoms with E-state index in [-0.39, 0.29) is 36.9 Å². The number of aromatic nitrogens is 3. The van der Waals surface area contributed by atoms with Crippen molar-refractivity contribution < 1.29 is 31.4 Å². The van der Waals surface area contributed by atoms with Crippen LogP contribution in [0, 0.1) is 19.0 Å². The van der Waals surface area contributed by atoms with Gasteiger partial charge >= 0.3 is 0 Å². The molecule has 0 atom stereocenters. The van der Waals surface area contributed by atoms with Crippen molar-refractivity contribution in [2.75, 3.05) is 0 Å². The van der Waals surface area contributed by atoms with Gasteiger partial charge in [-0.05, 0) is 76.4 Å².